The fourth-order valence-corrected chi connectivity index (χ4v) is 4.43. The van der Waals surface area contributed by atoms with Crippen molar-refractivity contribution in [3.8, 4) is 0 Å². The molecular formula is C22H22Cl2N6O4S. The van der Waals surface area contributed by atoms with Crippen LogP contribution in [0, 0.1) is 16.0 Å². The average Bonchev–Trinajstić information content (AvgIpc) is 3.14. The van der Waals surface area contributed by atoms with Crippen LogP contribution in [0.3, 0.4) is 0 Å². The zero-order chi connectivity index (χ0) is 25.7. The summed E-state index contributed by atoms with van der Waals surface area (Å²) in [6.07, 6.45) is 0. The van der Waals surface area contributed by atoms with E-state index in [1.165, 1.54) is 36.0 Å². The molecule has 3 rings (SSSR count). The molecule has 0 saturated carbocycles. The summed E-state index contributed by atoms with van der Waals surface area (Å²) >= 11 is 13.1. The van der Waals surface area contributed by atoms with Gasteiger partial charge in [0, 0.05) is 40.5 Å². The summed E-state index contributed by atoms with van der Waals surface area (Å²) in [5.41, 5.74) is 0.476. The van der Waals surface area contributed by atoms with Crippen molar-refractivity contribution in [2.45, 2.75) is 25.0 Å². The molecule has 0 spiro atoms. The van der Waals surface area contributed by atoms with Gasteiger partial charge in [-0.15, -0.1) is 10.2 Å². The number of nitro groups is 1. The molecule has 2 N–H and O–H groups in total. The van der Waals surface area contributed by atoms with Gasteiger partial charge in [0.1, 0.15) is 0 Å². The Morgan fingerprint density at radius 2 is 1.83 bits per heavy atom. The Hall–Kier alpha value is -3.15. The second kappa shape index (κ2) is 11.5. The number of carbonyl (C=O) groups is 2. The zero-order valence-corrected chi connectivity index (χ0v) is 21.3. The van der Waals surface area contributed by atoms with Gasteiger partial charge in [-0.05, 0) is 30.2 Å². The van der Waals surface area contributed by atoms with Gasteiger partial charge in [0.05, 0.1) is 16.7 Å². The van der Waals surface area contributed by atoms with E-state index in [2.05, 4.69) is 20.8 Å². The van der Waals surface area contributed by atoms with Crippen molar-refractivity contribution in [2.75, 3.05) is 11.1 Å². The minimum atomic E-state index is -0.556. The van der Waals surface area contributed by atoms with E-state index in [0.29, 0.717) is 26.7 Å². The Balaban J connectivity index is 1.69. The molecule has 3 aromatic rings. The number of aromatic nitrogens is 3. The Morgan fingerprint density at radius 3 is 2.46 bits per heavy atom. The van der Waals surface area contributed by atoms with Crippen LogP contribution in [-0.2, 0) is 11.8 Å². The number of rotatable bonds is 9. The molecule has 0 aliphatic rings. The number of hydrogen-bond donors (Lipinski definition) is 2. The van der Waals surface area contributed by atoms with Crippen molar-refractivity contribution in [1.82, 2.24) is 20.1 Å². The van der Waals surface area contributed by atoms with Crippen molar-refractivity contribution in [3.63, 3.8) is 0 Å². The van der Waals surface area contributed by atoms with Crippen LogP contribution in [0.4, 0.5) is 11.4 Å². The summed E-state index contributed by atoms with van der Waals surface area (Å²) in [7, 11) is 1.74. The van der Waals surface area contributed by atoms with Crippen LogP contribution >= 0.6 is 35.0 Å². The highest BCUT2D eigenvalue weighted by molar-refractivity contribution is 7.99. The predicted molar refractivity (Wildman–Crippen MR) is 135 cm³/mol. The molecule has 0 radical (unpaired) electrons. The van der Waals surface area contributed by atoms with Crippen LogP contribution < -0.4 is 10.6 Å². The van der Waals surface area contributed by atoms with Crippen LogP contribution in [0.25, 0.3) is 0 Å². The molecule has 13 heteroatoms. The van der Waals surface area contributed by atoms with Crippen LogP contribution in [-0.4, -0.2) is 37.3 Å². The van der Waals surface area contributed by atoms with E-state index in [-0.39, 0.29) is 28.8 Å². The number of nitro benzene ring substituents is 1. The van der Waals surface area contributed by atoms with Gasteiger partial charge in [-0.2, -0.15) is 0 Å². The third kappa shape index (κ3) is 6.93. The minimum absolute atomic E-state index is 0.0580. The first-order valence-electron chi connectivity index (χ1n) is 10.4. The molecule has 1 heterocycles. The molecule has 2 amide bonds. The Labute approximate surface area is 215 Å². The van der Waals surface area contributed by atoms with Crippen LogP contribution in [0.5, 0.6) is 0 Å². The normalized spacial score (nSPS) is 11.8. The maximum Gasteiger partial charge on any atom is 0.270 e. The zero-order valence-electron chi connectivity index (χ0n) is 19.0. The highest BCUT2D eigenvalue weighted by Crippen LogP contribution is 2.26. The average molecular weight is 537 g/mol. The first-order chi connectivity index (χ1) is 16.5. The summed E-state index contributed by atoms with van der Waals surface area (Å²) in [4.78, 5) is 35.6. The number of hydrogen-bond acceptors (Lipinski definition) is 7. The fraction of sp³-hybridized carbons (Fsp3) is 0.273. The summed E-state index contributed by atoms with van der Waals surface area (Å²) in [5, 5.41) is 26.3. The van der Waals surface area contributed by atoms with Crippen molar-refractivity contribution in [2.24, 2.45) is 13.0 Å². The maximum atomic E-state index is 12.8. The van der Waals surface area contributed by atoms with Crippen LogP contribution in [0.2, 0.25) is 10.0 Å². The highest BCUT2D eigenvalue weighted by atomic mass is 35.5. The SMILES string of the molecule is CC(C)[C@H](NC(=O)c1cccc([N+](=O)[O-])c1)c1nnc(SCC(=O)Nc2cc(Cl)cc(Cl)c2)n1C. The Kier molecular flexibility index (Phi) is 8.71. The van der Waals surface area contributed by atoms with E-state index in [9.17, 15) is 19.7 Å². The lowest BCUT2D eigenvalue weighted by molar-refractivity contribution is -0.384. The fourth-order valence-electron chi connectivity index (χ4n) is 3.19. The second-order valence-corrected chi connectivity index (χ2v) is 9.71. The molecular weight excluding hydrogens is 515 g/mol. The van der Waals surface area contributed by atoms with Gasteiger partial charge in [-0.3, -0.25) is 19.7 Å². The Morgan fingerprint density at radius 1 is 1.14 bits per heavy atom. The van der Waals surface area contributed by atoms with E-state index < -0.39 is 16.9 Å². The van der Waals surface area contributed by atoms with E-state index in [1.807, 2.05) is 13.8 Å². The molecule has 35 heavy (non-hydrogen) atoms. The predicted octanol–water partition coefficient (Wildman–Crippen LogP) is 4.89. The maximum absolute atomic E-state index is 12.8. The number of nitrogens with one attached hydrogen (secondary N) is 2. The molecule has 10 nitrogen and oxygen atoms in total. The van der Waals surface area contributed by atoms with Gasteiger partial charge in [-0.25, -0.2) is 0 Å². The quantitative estimate of drug-likeness (QED) is 0.226. The summed E-state index contributed by atoms with van der Waals surface area (Å²) in [5.74, 6) is -0.262. The lowest BCUT2D eigenvalue weighted by Crippen LogP contribution is -2.33. The third-order valence-corrected chi connectivity index (χ3v) is 6.35. The summed E-state index contributed by atoms with van der Waals surface area (Å²) in [6.45, 7) is 3.81. The van der Waals surface area contributed by atoms with E-state index >= 15 is 0 Å². The first-order valence-corrected chi connectivity index (χ1v) is 12.1. The largest absolute Gasteiger partial charge is 0.342 e. The third-order valence-electron chi connectivity index (χ3n) is 4.90. The number of carbonyl (C=O) groups excluding carboxylic acids is 2. The number of non-ortho nitro benzene ring substituents is 1. The number of benzene rings is 2. The van der Waals surface area contributed by atoms with Crippen molar-refractivity contribution in [3.05, 3.63) is 74.0 Å². The lowest BCUT2D eigenvalue weighted by Gasteiger charge is -2.21. The van der Waals surface area contributed by atoms with Gasteiger partial charge < -0.3 is 15.2 Å². The topological polar surface area (TPSA) is 132 Å². The molecule has 0 aliphatic carbocycles. The van der Waals surface area contributed by atoms with E-state index in [0.717, 1.165) is 0 Å². The van der Waals surface area contributed by atoms with Crippen molar-refractivity contribution >= 4 is 58.2 Å². The Bertz CT molecular complexity index is 1250. The lowest BCUT2D eigenvalue weighted by atomic mass is 10.0. The molecule has 0 aliphatic heterocycles. The number of halogens is 2. The van der Waals surface area contributed by atoms with E-state index in [1.54, 1.807) is 29.8 Å². The van der Waals surface area contributed by atoms with Gasteiger partial charge in [0.15, 0.2) is 11.0 Å². The van der Waals surface area contributed by atoms with Gasteiger partial charge in [-0.1, -0.05) is 54.9 Å². The molecule has 0 saturated heterocycles. The first kappa shape index (κ1) is 26.5. The highest BCUT2D eigenvalue weighted by Gasteiger charge is 2.26. The minimum Gasteiger partial charge on any atom is -0.342 e. The van der Waals surface area contributed by atoms with Gasteiger partial charge in [0.25, 0.3) is 11.6 Å². The van der Waals surface area contributed by atoms with Crippen LogP contribution in [0.1, 0.15) is 36.1 Å². The smallest absolute Gasteiger partial charge is 0.270 e. The molecule has 0 unspecified atom stereocenters. The second-order valence-electron chi connectivity index (χ2n) is 7.90. The molecule has 184 valence electrons. The number of thioether (sulfide) groups is 1. The summed E-state index contributed by atoms with van der Waals surface area (Å²) < 4.78 is 1.70. The van der Waals surface area contributed by atoms with E-state index in [4.69, 9.17) is 23.2 Å². The number of anilines is 1. The molecule has 1 atom stereocenters. The number of nitrogens with zero attached hydrogens (tertiary/aromatic N) is 4. The molecule has 0 fully saturated rings. The van der Waals surface area contributed by atoms with Crippen molar-refractivity contribution in [1.29, 1.82) is 0 Å². The monoisotopic (exact) mass is 536 g/mol. The number of amides is 2. The van der Waals surface area contributed by atoms with Crippen molar-refractivity contribution < 1.29 is 14.5 Å². The summed E-state index contributed by atoms with van der Waals surface area (Å²) in [6, 6.07) is 9.73. The molecule has 1 aromatic heterocycles. The molecule has 2 aromatic carbocycles. The standard InChI is InChI=1S/C22H22Cl2N6O4S/c1-12(2)19(26-21(32)13-5-4-6-17(7-13)30(33)34)20-27-28-22(29(20)3)35-11-18(31)25-16-9-14(23)8-15(24)10-16/h4-10,12,19H,11H2,1-3H3,(H,25,31)(H,26,32)/t19-/m0/s1. The van der Waals surface area contributed by atoms with Crippen LogP contribution in [0.15, 0.2) is 47.6 Å². The van der Waals surface area contributed by atoms with Gasteiger partial charge >= 0.3 is 0 Å². The van der Waals surface area contributed by atoms with Gasteiger partial charge in [0.2, 0.25) is 5.91 Å². The molecule has 0 bridgehead atoms.